The third kappa shape index (κ3) is 2.80. The van der Waals surface area contributed by atoms with Crippen LogP contribution in [0, 0.1) is 0 Å². The molecule has 0 aliphatic carbocycles. The van der Waals surface area contributed by atoms with Crippen molar-refractivity contribution < 1.29 is 24.6 Å². The van der Waals surface area contributed by atoms with Crippen LogP contribution in [0.2, 0.25) is 5.28 Å². The number of hydrogen-bond acceptors (Lipinski definition) is 5. The van der Waals surface area contributed by atoms with Crippen molar-refractivity contribution in [2.75, 3.05) is 6.54 Å². The van der Waals surface area contributed by atoms with E-state index in [1.165, 1.54) is 12.4 Å². The van der Waals surface area contributed by atoms with Crippen LogP contribution in [0.15, 0.2) is 12.4 Å². The molecule has 1 aliphatic heterocycles. The molecule has 112 valence electrons. The van der Waals surface area contributed by atoms with Crippen molar-refractivity contribution >= 4 is 29.4 Å². The number of likely N-dealkylation sites (tertiary alicyclic amines) is 1. The molecule has 21 heavy (non-hydrogen) atoms. The van der Waals surface area contributed by atoms with Crippen LogP contribution >= 0.6 is 11.6 Å². The Bertz CT molecular complexity index is 591. The van der Waals surface area contributed by atoms with Crippen LogP contribution < -0.4 is 0 Å². The number of aromatic nitrogens is 2. The summed E-state index contributed by atoms with van der Waals surface area (Å²) in [6.07, 6.45) is 1.05. The molecule has 2 rings (SSSR count). The summed E-state index contributed by atoms with van der Waals surface area (Å²) in [5, 5.41) is 18.5. The number of rotatable bonds is 4. The van der Waals surface area contributed by atoms with Gasteiger partial charge in [-0.3, -0.25) is 9.69 Å². The summed E-state index contributed by atoms with van der Waals surface area (Å²) in [6, 6.07) is 0. The Morgan fingerprint density at radius 2 is 1.90 bits per heavy atom. The highest BCUT2D eigenvalue weighted by Crippen LogP contribution is 2.34. The van der Waals surface area contributed by atoms with Crippen LogP contribution in [0.25, 0.3) is 0 Å². The van der Waals surface area contributed by atoms with Crippen LogP contribution in [-0.4, -0.2) is 55.0 Å². The standard InChI is InChI=1S/C12H12ClN3O5/c13-10-14-5-7(6-15-10)8(17)4-12(9(18)19)2-1-3-16(12)11(20)21/h5-6H,1-4H2,(H,18,19)(H,20,21)/t12-/m0/s1. The Balaban J connectivity index is 2.28. The van der Waals surface area contributed by atoms with Gasteiger partial charge in [-0.05, 0) is 24.4 Å². The van der Waals surface area contributed by atoms with Crippen molar-refractivity contribution in [1.82, 2.24) is 14.9 Å². The van der Waals surface area contributed by atoms with Gasteiger partial charge in [0, 0.05) is 25.4 Å². The molecule has 1 amide bonds. The third-order valence-corrected chi connectivity index (χ3v) is 3.71. The zero-order valence-electron chi connectivity index (χ0n) is 10.8. The van der Waals surface area contributed by atoms with Crippen molar-refractivity contribution in [3.63, 3.8) is 0 Å². The Kier molecular flexibility index (Phi) is 4.08. The van der Waals surface area contributed by atoms with Gasteiger partial charge < -0.3 is 10.2 Å². The molecule has 1 aromatic heterocycles. The first-order valence-corrected chi connectivity index (χ1v) is 6.49. The van der Waals surface area contributed by atoms with E-state index in [-0.39, 0.29) is 23.8 Å². The van der Waals surface area contributed by atoms with E-state index in [1.54, 1.807) is 0 Å². The second-order valence-corrected chi connectivity index (χ2v) is 5.05. The lowest BCUT2D eigenvalue weighted by atomic mass is 9.88. The average molecular weight is 314 g/mol. The highest BCUT2D eigenvalue weighted by molar-refractivity contribution is 6.28. The topological polar surface area (TPSA) is 121 Å². The van der Waals surface area contributed by atoms with E-state index >= 15 is 0 Å². The lowest BCUT2D eigenvalue weighted by Gasteiger charge is -2.32. The number of carboxylic acid groups (broad SMARTS) is 2. The molecule has 1 aliphatic rings. The van der Waals surface area contributed by atoms with Gasteiger partial charge in [-0.15, -0.1) is 0 Å². The Hall–Kier alpha value is -2.22. The summed E-state index contributed by atoms with van der Waals surface area (Å²) in [6.45, 7) is 0.0893. The molecule has 9 heteroatoms. The minimum absolute atomic E-state index is 0.0347. The van der Waals surface area contributed by atoms with E-state index < -0.39 is 29.8 Å². The maximum absolute atomic E-state index is 12.2. The number of amides is 1. The first-order valence-electron chi connectivity index (χ1n) is 6.11. The number of carbonyl (C=O) groups is 3. The number of nitrogens with zero attached hydrogens (tertiary/aromatic N) is 3. The number of halogens is 1. The molecule has 0 saturated carbocycles. The number of Topliss-reactive ketones (excluding diaryl/α,β-unsaturated/α-hetero) is 1. The molecule has 0 spiro atoms. The van der Waals surface area contributed by atoms with E-state index in [0.29, 0.717) is 6.42 Å². The molecule has 0 aromatic carbocycles. The number of carbonyl (C=O) groups excluding carboxylic acids is 1. The fraction of sp³-hybridized carbons (Fsp3) is 0.417. The molecular formula is C12H12ClN3O5. The van der Waals surface area contributed by atoms with Gasteiger partial charge in [-0.25, -0.2) is 19.6 Å². The van der Waals surface area contributed by atoms with E-state index in [0.717, 1.165) is 4.90 Å². The Labute approximate surface area is 124 Å². The van der Waals surface area contributed by atoms with Crippen molar-refractivity contribution in [1.29, 1.82) is 0 Å². The number of aliphatic carboxylic acids is 1. The first kappa shape index (κ1) is 15.2. The van der Waals surface area contributed by atoms with Gasteiger partial charge in [-0.1, -0.05) is 0 Å². The molecule has 1 saturated heterocycles. The fourth-order valence-corrected chi connectivity index (χ4v) is 2.56. The molecule has 1 aromatic rings. The summed E-state index contributed by atoms with van der Waals surface area (Å²) < 4.78 is 0. The molecule has 1 atom stereocenters. The summed E-state index contributed by atoms with van der Waals surface area (Å²) in [4.78, 5) is 43.0. The Morgan fingerprint density at radius 1 is 1.29 bits per heavy atom. The second kappa shape index (κ2) is 5.65. The van der Waals surface area contributed by atoms with Crippen molar-refractivity contribution in [3.05, 3.63) is 23.2 Å². The maximum atomic E-state index is 12.2. The molecular weight excluding hydrogens is 302 g/mol. The van der Waals surface area contributed by atoms with Gasteiger partial charge in [0.15, 0.2) is 11.3 Å². The quantitative estimate of drug-likeness (QED) is 0.634. The van der Waals surface area contributed by atoms with Crippen LogP contribution in [0.3, 0.4) is 0 Å². The maximum Gasteiger partial charge on any atom is 0.408 e. The van der Waals surface area contributed by atoms with E-state index in [2.05, 4.69) is 9.97 Å². The zero-order chi connectivity index (χ0) is 15.6. The predicted molar refractivity (Wildman–Crippen MR) is 70.3 cm³/mol. The van der Waals surface area contributed by atoms with E-state index in [9.17, 15) is 19.5 Å². The molecule has 0 unspecified atom stereocenters. The Morgan fingerprint density at radius 3 is 2.43 bits per heavy atom. The minimum atomic E-state index is -1.73. The predicted octanol–water partition coefficient (Wildman–Crippen LogP) is 1.30. The SMILES string of the molecule is O=C(C[C@]1(C(=O)O)CCCN1C(=O)O)c1cnc(Cl)nc1. The van der Waals surface area contributed by atoms with Crippen LogP contribution in [0.1, 0.15) is 29.6 Å². The van der Waals surface area contributed by atoms with Gasteiger partial charge in [0.1, 0.15) is 0 Å². The number of ketones is 1. The third-order valence-electron chi connectivity index (χ3n) is 3.51. The van der Waals surface area contributed by atoms with Crippen molar-refractivity contribution in [3.8, 4) is 0 Å². The summed E-state index contributed by atoms with van der Waals surface area (Å²) in [5.74, 6) is -1.87. The molecule has 1 fully saturated rings. The number of carboxylic acids is 1. The lowest BCUT2D eigenvalue weighted by molar-refractivity contribution is -0.148. The second-order valence-electron chi connectivity index (χ2n) is 4.72. The monoisotopic (exact) mass is 313 g/mol. The zero-order valence-corrected chi connectivity index (χ0v) is 11.6. The molecule has 2 heterocycles. The summed E-state index contributed by atoms with van der Waals surface area (Å²) in [7, 11) is 0. The largest absolute Gasteiger partial charge is 0.479 e. The van der Waals surface area contributed by atoms with E-state index in [4.69, 9.17) is 16.7 Å². The average Bonchev–Trinajstić information content (AvgIpc) is 2.84. The smallest absolute Gasteiger partial charge is 0.408 e. The van der Waals surface area contributed by atoms with Gasteiger partial charge in [0.05, 0.1) is 5.56 Å². The molecule has 0 radical (unpaired) electrons. The van der Waals surface area contributed by atoms with Crippen LogP contribution in [-0.2, 0) is 4.79 Å². The van der Waals surface area contributed by atoms with Crippen molar-refractivity contribution in [2.24, 2.45) is 0 Å². The van der Waals surface area contributed by atoms with Gasteiger partial charge in [0.25, 0.3) is 0 Å². The summed E-state index contributed by atoms with van der Waals surface area (Å²) >= 11 is 5.52. The fourth-order valence-electron chi connectivity index (χ4n) is 2.46. The van der Waals surface area contributed by atoms with Gasteiger partial charge in [-0.2, -0.15) is 0 Å². The van der Waals surface area contributed by atoms with Crippen LogP contribution in [0.4, 0.5) is 4.79 Å². The van der Waals surface area contributed by atoms with Crippen LogP contribution in [0.5, 0.6) is 0 Å². The van der Waals surface area contributed by atoms with Crippen molar-refractivity contribution in [2.45, 2.75) is 24.8 Å². The summed E-state index contributed by atoms with van der Waals surface area (Å²) in [5.41, 5.74) is -1.64. The van der Waals surface area contributed by atoms with Gasteiger partial charge >= 0.3 is 12.1 Å². The molecule has 2 N–H and O–H groups in total. The lowest BCUT2D eigenvalue weighted by Crippen LogP contribution is -2.53. The minimum Gasteiger partial charge on any atom is -0.479 e. The van der Waals surface area contributed by atoms with E-state index in [1.807, 2.05) is 0 Å². The number of hydrogen-bond donors (Lipinski definition) is 2. The molecule has 8 nitrogen and oxygen atoms in total. The van der Waals surface area contributed by atoms with Gasteiger partial charge in [0.2, 0.25) is 5.28 Å². The normalized spacial score (nSPS) is 21.3. The molecule has 0 bridgehead atoms. The highest BCUT2D eigenvalue weighted by atomic mass is 35.5. The highest BCUT2D eigenvalue weighted by Gasteiger charge is 2.51. The first-order chi connectivity index (χ1) is 9.86.